The van der Waals surface area contributed by atoms with Crippen LogP contribution in [-0.2, 0) is 0 Å². The van der Waals surface area contributed by atoms with E-state index in [2.05, 4.69) is 4.98 Å². The maximum Gasteiger partial charge on any atom is 0.205 e. The van der Waals surface area contributed by atoms with Crippen molar-refractivity contribution in [2.75, 3.05) is 5.73 Å². The quantitative estimate of drug-likeness (QED) is 0.749. The van der Waals surface area contributed by atoms with E-state index >= 15 is 0 Å². The van der Waals surface area contributed by atoms with E-state index in [1.165, 1.54) is 22.8 Å². The third-order valence-corrected chi connectivity index (χ3v) is 3.33. The molecule has 0 aliphatic heterocycles. The number of imidazole rings is 1. The second kappa shape index (κ2) is 4.72. The highest BCUT2D eigenvalue weighted by atomic mass is 35.5. The average molecular weight is 305 g/mol. The van der Waals surface area contributed by atoms with Crippen LogP contribution in [0.1, 0.15) is 5.56 Å². The molecular weight excluding hydrogens is 298 g/mol. The summed E-state index contributed by atoms with van der Waals surface area (Å²) in [5, 5.41) is 9.03. The molecule has 0 radical (unpaired) electrons. The van der Waals surface area contributed by atoms with Crippen molar-refractivity contribution in [3.8, 4) is 11.8 Å². The molecule has 1 aromatic heterocycles. The molecule has 4 nitrogen and oxygen atoms in total. The number of nitrogens with two attached hydrogens (primary N) is 1. The standard InChI is InChI=1S/C14H7ClF2N4/c15-9-4-13-11(5-10(9)17)20-14(19)21(13)12-2-1-8(16)3-7(12)6-18/h1-5H,(H2,19,20). The predicted molar refractivity (Wildman–Crippen MR) is 75.1 cm³/mol. The Morgan fingerprint density at radius 1 is 1.24 bits per heavy atom. The van der Waals surface area contributed by atoms with Crippen molar-refractivity contribution >= 4 is 28.6 Å². The number of fused-ring (bicyclic) bond motifs is 1. The maximum absolute atomic E-state index is 13.5. The van der Waals surface area contributed by atoms with Crippen LogP contribution < -0.4 is 5.73 Å². The molecule has 0 unspecified atom stereocenters. The van der Waals surface area contributed by atoms with E-state index in [0.29, 0.717) is 16.7 Å². The summed E-state index contributed by atoms with van der Waals surface area (Å²) in [6.07, 6.45) is 0. The number of hydrogen-bond donors (Lipinski definition) is 1. The Balaban J connectivity index is 2.38. The Morgan fingerprint density at radius 2 is 2.00 bits per heavy atom. The minimum atomic E-state index is -0.617. The van der Waals surface area contributed by atoms with Gasteiger partial charge in [-0.3, -0.25) is 4.57 Å². The Hall–Kier alpha value is -2.65. The third-order valence-electron chi connectivity index (χ3n) is 3.04. The van der Waals surface area contributed by atoms with Crippen LogP contribution in [0.2, 0.25) is 5.02 Å². The van der Waals surface area contributed by atoms with Gasteiger partial charge in [0.2, 0.25) is 5.95 Å². The van der Waals surface area contributed by atoms with Crippen molar-refractivity contribution in [2.24, 2.45) is 0 Å². The molecular formula is C14H7ClF2N4. The number of aromatic nitrogens is 2. The first kappa shape index (κ1) is 13.3. The van der Waals surface area contributed by atoms with Gasteiger partial charge in [-0.2, -0.15) is 5.26 Å². The number of hydrogen-bond acceptors (Lipinski definition) is 3. The molecule has 2 aromatic carbocycles. The van der Waals surface area contributed by atoms with Gasteiger partial charge in [-0.15, -0.1) is 0 Å². The summed E-state index contributed by atoms with van der Waals surface area (Å²) in [5.74, 6) is -1.11. The van der Waals surface area contributed by atoms with E-state index in [1.54, 1.807) is 0 Å². The minimum Gasteiger partial charge on any atom is -0.369 e. The smallest absolute Gasteiger partial charge is 0.205 e. The van der Waals surface area contributed by atoms with Gasteiger partial charge in [-0.05, 0) is 24.3 Å². The second-order valence-corrected chi connectivity index (χ2v) is 4.74. The summed E-state index contributed by atoms with van der Waals surface area (Å²) in [6.45, 7) is 0. The van der Waals surface area contributed by atoms with E-state index in [0.717, 1.165) is 12.1 Å². The molecule has 3 aromatic rings. The average Bonchev–Trinajstić information content (AvgIpc) is 2.75. The number of anilines is 1. The SMILES string of the molecule is N#Cc1cc(F)ccc1-n1c(N)nc2cc(F)c(Cl)cc21. The lowest BCUT2D eigenvalue weighted by molar-refractivity contribution is 0.627. The zero-order valence-electron chi connectivity index (χ0n) is 10.4. The predicted octanol–water partition coefficient (Wildman–Crippen LogP) is 3.41. The van der Waals surface area contributed by atoms with Gasteiger partial charge >= 0.3 is 0 Å². The number of halogens is 3. The Kier molecular flexibility index (Phi) is 3.00. The molecule has 7 heteroatoms. The highest BCUT2D eigenvalue weighted by molar-refractivity contribution is 6.31. The number of benzene rings is 2. The lowest BCUT2D eigenvalue weighted by Crippen LogP contribution is -2.03. The second-order valence-electron chi connectivity index (χ2n) is 4.33. The first-order chi connectivity index (χ1) is 10.0. The van der Waals surface area contributed by atoms with Gasteiger partial charge < -0.3 is 5.73 Å². The summed E-state index contributed by atoms with van der Waals surface area (Å²) >= 11 is 5.77. The lowest BCUT2D eigenvalue weighted by atomic mass is 10.2. The van der Waals surface area contributed by atoms with Crippen LogP contribution in [0.15, 0.2) is 30.3 Å². The molecule has 0 aliphatic rings. The highest BCUT2D eigenvalue weighted by Gasteiger charge is 2.16. The molecule has 21 heavy (non-hydrogen) atoms. The van der Waals surface area contributed by atoms with Crippen LogP contribution in [-0.4, -0.2) is 9.55 Å². The van der Waals surface area contributed by atoms with Crippen molar-refractivity contribution in [1.82, 2.24) is 9.55 Å². The molecule has 3 rings (SSSR count). The first-order valence-electron chi connectivity index (χ1n) is 5.84. The molecule has 0 saturated carbocycles. The maximum atomic E-state index is 13.5. The lowest BCUT2D eigenvalue weighted by Gasteiger charge is -2.08. The Bertz CT molecular complexity index is 911. The van der Waals surface area contributed by atoms with Crippen LogP contribution >= 0.6 is 11.6 Å². The van der Waals surface area contributed by atoms with Crippen molar-refractivity contribution < 1.29 is 8.78 Å². The molecule has 104 valence electrons. The monoisotopic (exact) mass is 304 g/mol. The summed E-state index contributed by atoms with van der Waals surface area (Å²) in [5.41, 5.74) is 6.99. The fraction of sp³-hybridized carbons (Fsp3) is 0. The summed E-state index contributed by atoms with van der Waals surface area (Å²) in [7, 11) is 0. The van der Waals surface area contributed by atoms with Crippen LogP contribution in [0.4, 0.5) is 14.7 Å². The first-order valence-corrected chi connectivity index (χ1v) is 6.22. The number of nitriles is 1. The largest absolute Gasteiger partial charge is 0.369 e. The van der Waals surface area contributed by atoms with Crippen molar-refractivity contribution in [3.05, 3.63) is 52.6 Å². The van der Waals surface area contributed by atoms with Crippen LogP contribution in [0.25, 0.3) is 16.7 Å². The van der Waals surface area contributed by atoms with E-state index in [9.17, 15) is 8.78 Å². The van der Waals surface area contributed by atoms with Crippen LogP contribution in [0, 0.1) is 23.0 Å². The highest BCUT2D eigenvalue weighted by Crippen LogP contribution is 2.29. The van der Waals surface area contributed by atoms with Crippen LogP contribution in [0.5, 0.6) is 0 Å². The van der Waals surface area contributed by atoms with Crippen molar-refractivity contribution in [2.45, 2.75) is 0 Å². The van der Waals surface area contributed by atoms with Crippen molar-refractivity contribution in [1.29, 1.82) is 5.26 Å². The Labute approximate surface area is 123 Å². The van der Waals surface area contributed by atoms with Gasteiger partial charge in [0.05, 0.1) is 27.3 Å². The van der Waals surface area contributed by atoms with Gasteiger partial charge in [0.25, 0.3) is 0 Å². The molecule has 0 amide bonds. The normalized spacial score (nSPS) is 10.8. The molecule has 2 N–H and O–H groups in total. The number of rotatable bonds is 1. The van der Waals surface area contributed by atoms with E-state index in [-0.39, 0.29) is 16.5 Å². The molecule has 0 spiro atoms. The van der Waals surface area contributed by atoms with Gasteiger partial charge in [0, 0.05) is 6.07 Å². The van der Waals surface area contributed by atoms with Gasteiger partial charge in [-0.25, -0.2) is 13.8 Å². The van der Waals surface area contributed by atoms with E-state index < -0.39 is 11.6 Å². The van der Waals surface area contributed by atoms with E-state index in [1.807, 2.05) is 6.07 Å². The molecule has 0 atom stereocenters. The number of nitrogen functional groups attached to an aromatic ring is 1. The topological polar surface area (TPSA) is 67.6 Å². The molecule has 0 saturated heterocycles. The zero-order valence-corrected chi connectivity index (χ0v) is 11.2. The van der Waals surface area contributed by atoms with Crippen molar-refractivity contribution in [3.63, 3.8) is 0 Å². The molecule has 0 bridgehead atoms. The van der Waals surface area contributed by atoms with Gasteiger partial charge in [0.15, 0.2) is 0 Å². The Morgan fingerprint density at radius 3 is 2.71 bits per heavy atom. The van der Waals surface area contributed by atoms with Gasteiger partial charge in [-0.1, -0.05) is 11.6 Å². The van der Waals surface area contributed by atoms with Crippen LogP contribution in [0.3, 0.4) is 0 Å². The number of nitrogens with zero attached hydrogens (tertiary/aromatic N) is 3. The van der Waals surface area contributed by atoms with E-state index in [4.69, 9.17) is 22.6 Å². The fourth-order valence-electron chi connectivity index (χ4n) is 2.14. The zero-order chi connectivity index (χ0) is 15.1. The molecule has 1 heterocycles. The summed E-state index contributed by atoms with van der Waals surface area (Å²) in [4.78, 5) is 4.03. The third kappa shape index (κ3) is 2.08. The summed E-state index contributed by atoms with van der Waals surface area (Å²) in [6, 6.07) is 8.10. The fourth-order valence-corrected chi connectivity index (χ4v) is 2.30. The minimum absolute atomic E-state index is 0.0507. The van der Waals surface area contributed by atoms with Gasteiger partial charge in [0.1, 0.15) is 17.7 Å². The summed E-state index contributed by atoms with van der Waals surface area (Å²) < 4.78 is 28.1. The molecule has 0 fully saturated rings. The molecule has 0 aliphatic carbocycles.